The van der Waals surface area contributed by atoms with E-state index in [0.717, 1.165) is 18.0 Å². The number of amides is 3. The van der Waals surface area contributed by atoms with Crippen LogP contribution < -0.4 is 10.6 Å². The van der Waals surface area contributed by atoms with Gasteiger partial charge >= 0.3 is 12.0 Å². The van der Waals surface area contributed by atoms with Gasteiger partial charge in [-0.05, 0) is 0 Å². The van der Waals surface area contributed by atoms with Gasteiger partial charge < -0.3 is 20.5 Å². The van der Waals surface area contributed by atoms with Crippen molar-refractivity contribution in [3.8, 4) is 0 Å². The van der Waals surface area contributed by atoms with Gasteiger partial charge in [0.15, 0.2) is 0 Å². The Morgan fingerprint density at radius 1 is 1.38 bits per heavy atom. The van der Waals surface area contributed by atoms with Crippen molar-refractivity contribution in [2.45, 2.75) is 6.04 Å². The lowest BCUT2D eigenvalue weighted by molar-refractivity contribution is -0.144. The molecule has 0 bridgehead atoms. The predicted molar refractivity (Wildman–Crippen MR) is 71.8 cm³/mol. The Bertz CT molecular complexity index is 410. The van der Waals surface area contributed by atoms with Crippen LogP contribution in [0.3, 0.4) is 0 Å². The van der Waals surface area contributed by atoms with E-state index in [0.29, 0.717) is 26.3 Å². The molecule has 1 unspecified atom stereocenters. The molecule has 2 saturated heterocycles. The third-order valence-corrected chi connectivity index (χ3v) is 3.54. The molecule has 2 rings (SSSR count). The van der Waals surface area contributed by atoms with E-state index in [2.05, 4.69) is 15.5 Å². The Labute approximate surface area is 122 Å². The number of urea groups is 1. The Morgan fingerprint density at radius 3 is 2.76 bits per heavy atom. The first-order chi connectivity index (χ1) is 10.1. The van der Waals surface area contributed by atoms with Gasteiger partial charge in [-0.1, -0.05) is 0 Å². The quantitative estimate of drug-likeness (QED) is 0.549. The van der Waals surface area contributed by atoms with Gasteiger partial charge in [-0.2, -0.15) is 0 Å². The van der Waals surface area contributed by atoms with E-state index in [9.17, 15) is 14.4 Å². The zero-order chi connectivity index (χ0) is 15.2. The molecule has 2 aliphatic heterocycles. The molecule has 9 heteroatoms. The lowest BCUT2D eigenvalue weighted by Gasteiger charge is -2.33. The van der Waals surface area contributed by atoms with Crippen molar-refractivity contribution in [2.75, 3.05) is 52.5 Å². The first kappa shape index (κ1) is 15.5. The monoisotopic (exact) mass is 300 g/mol. The molecule has 118 valence electrons. The van der Waals surface area contributed by atoms with Gasteiger partial charge in [-0.15, -0.1) is 0 Å². The normalized spacial score (nSPS) is 23.5. The third kappa shape index (κ3) is 4.30. The summed E-state index contributed by atoms with van der Waals surface area (Å²) in [6.07, 6.45) is 0. The van der Waals surface area contributed by atoms with Gasteiger partial charge in [-0.3, -0.25) is 14.6 Å². The molecule has 0 aromatic heterocycles. The lowest BCUT2D eigenvalue weighted by atomic mass is 10.2. The summed E-state index contributed by atoms with van der Waals surface area (Å²) in [7, 11) is 0. The summed E-state index contributed by atoms with van der Waals surface area (Å²) >= 11 is 0. The standard InChI is InChI=1S/C12H20N4O5/c17-10-8-16(9(7-14-10)11(18)19)12(20)13-1-2-15-3-5-21-6-4-15/h9H,1-8H2,(H,13,20)(H,14,17)(H,18,19). The van der Waals surface area contributed by atoms with E-state index in [1.54, 1.807) is 0 Å². The van der Waals surface area contributed by atoms with E-state index >= 15 is 0 Å². The van der Waals surface area contributed by atoms with Gasteiger partial charge in [0, 0.05) is 32.7 Å². The minimum atomic E-state index is -1.13. The van der Waals surface area contributed by atoms with Crippen molar-refractivity contribution < 1.29 is 24.2 Å². The van der Waals surface area contributed by atoms with Crippen molar-refractivity contribution in [1.82, 2.24) is 20.4 Å². The second kappa shape index (κ2) is 7.23. The van der Waals surface area contributed by atoms with Gasteiger partial charge in [0.2, 0.25) is 5.91 Å². The fraction of sp³-hybridized carbons (Fsp3) is 0.750. The number of hydrogen-bond acceptors (Lipinski definition) is 5. The highest BCUT2D eigenvalue weighted by molar-refractivity contribution is 5.90. The summed E-state index contributed by atoms with van der Waals surface area (Å²) in [5.74, 6) is -1.48. The fourth-order valence-electron chi connectivity index (χ4n) is 2.32. The van der Waals surface area contributed by atoms with E-state index < -0.39 is 18.0 Å². The minimum absolute atomic E-state index is 0.0644. The molecule has 2 fully saturated rings. The molecule has 2 heterocycles. The predicted octanol–water partition coefficient (Wildman–Crippen LogP) is -2.09. The molecule has 1 atom stereocenters. The molecule has 0 aliphatic carbocycles. The highest BCUT2D eigenvalue weighted by atomic mass is 16.5. The zero-order valence-corrected chi connectivity index (χ0v) is 11.7. The number of aliphatic carboxylic acids is 1. The number of carbonyl (C=O) groups is 3. The maximum atomic E-state index is 12.0. The summed E-state index contributed by atoms with van der Waals surface area (Å²) in [5.41, 5.74) is 0. The summed E-state index contributed by atoms with van der Waals surface area (Å²) in [5, 5.41) is 14.2. The number of carboxylic acid groups (broad SMARTS) is 1. The Kier molecular flexibility index (Phi) is 5.34. The number of nitrogens with one attached hydrogen (secondary N) is 2. The van der Waals surface area contributed by atoms with E-state index in [1.165, 1.54) is 0 Å². The molecule has 21 heavy (non-hydrogen) atoms. The topological polar surface area (TPSA) is 111 Å². The molecular weight excluding hydrogens is 280 g/mol. The number of carbonyl (C=O) groups excluding carboxylic acids is 2. The number of rotatable bonds is 4. The van der Waals surface area contributed by atoms with Crippen LogP contribution in [0.4, 0.5) is 4.79 Å². The maximum Gasteiger partial charge on any atom is 0.328 e. The first-order valence-electron chi connectivity index (χ1n) is 6.92. The second-order valence-electron chi connectivity index (χ2n) is 4.97. The number of hydrogen-bond donors (Lipinski definition) is 3. The molecule has 9 nitrogen and oxygen atoms in total. The molecule has 2 aliphatic rings. The molecule has 0 radical (unpaired) electrons. The van der Waals surface area contributed by atoms with Crippen LogP contribution in [0.1, 0.15) is 0 Å². The zero-order valence-electron chi connectivity index (χ0n) is 11.7. The van der Waals surface area contributed by atoms with Crippen LogP contribution in [0, 0.1) is 0 Å². The van der Waals surface area contributed by atoms with Crippen LogP contribution in [0.5, 0.6) is 0 Å². The number of ether oxygens (including phenoxy) is 1. The molecule has 3 amide bonds. The molecule has 0 spiro atoms. The smallest absolute Gasteiger partial charge is 0.328 e. The van der Waals surface area contributed by atoms with Crippen molar-refractivity contribution in [2.24, 2.45) is 0 Å². The van der Waals surface area contributed by atoms with Crippen LogP contribution in [0.15, 0.2) is 0 Å². The number of carboxylic acids is 1. The summed E-state index contributed by atoms with van der Waals surface area (Å²) in [6, 6.07) is -1.54. The second-order valence-corrected chi connectivity index (χ2v) is 4.97. The van der Waals surface area contributed by atoms with E-state index in [1.807, 2.05) is 0 Å². The molecule has 0 saturated carbocycles. The van der Waals surface area contributed by atoms with Crippen LogP contribution in [0.2, 0.25) is 0 Å². The van der Waals surface area contributed by atoms with Crippen LogP contribution in [-0.2, 0) is 14.3 Å². The Morgan fingerprint density at radius 2 is 2.10 bits per heavy atom. The largest absolute Gasteiger partial charge is 0.480 e. The summed E-state index contributed by atoms with van der Waals surface area (Å²) in [4.78, 5) is 37.7. The van der Waals surface area contributed by atoms with Crippen molar-refractivity contribution in [3.05, 3.63) is 0 Å². The van der Waals surface area contributed by atoms with E-state index in [4.69, 9.17) is 9.84 Å². The average Bonchev–Trinajstić information content (AvgIpc) is 2.47. The van der Waals surface area contributed by atoms with Gasteiger partial charge in [0.05, 0.1) is 13.2 Å². The number of piperazine rings is 1. The van der Waals surface area contributed by atoms with Crippen molar-refractivity contribution in [1.29, 1.82) is 0 Å². The maximum absolute atomic E-state index is 12.0. The van der Waals surface area contributed by atoms with Gasteiger partial charge in [0.25, 0.3) is 0 Å². The van der Waals surface area contributed by atoms with Gasteiger partial charge in [0.1, 0.15) is 12.6 Å². The van der Waals surface area contributed by atoms with E-state index in [-0.39, 0.29) is 19.0 Å². The third-order valence-electron chi connectivity index (χ3n) is 3.54. The van der Waals surface area contributed by atoms with Crippen LogP contribution in [0.25, 0.3) is 0 Å². The van der Waals surface area contributed by atoms with Crippen LogP contribution >= 0.6 is 0 Å². The lowest BCUT2D eigenvalue weighted by Crippen LogP contribution is -2.61. The first-order valence-corrected chi connectivity index (χ1v) is 6.92. The highest BCUT2D eigenvalue weighted by Crippen LogP contribution is 2.05. The number of morpholine rings is 1. The van der Waals surface area contributed by atoms with Gasteiger partial charge in [-0.25, -0.2) is 9.59 Å². The molecule has 0 aromatic rings. The number of nitrogens with zero attached hydrogens (tertiary/aromatic N) is 2. The Hall–Kier alpha value is -1.87. The fourth-order valence-corrected chi connectivity index (χ4v) is 2.32. The average molecular weight is 300 g/mol. The minimum Gasteiger partial charge on any atom is -0.480 e. The summed E-state index contributed by atoms with van der Waals surface area (Å²) < 4.78 is 5.23. The van der Waals surface area contributed by atoms with Crippen molar-refractivity contribution >= 4 is 17.9 Å². The molecule has 3 N–H and O–H groups in total. The summed E-state index contributed by atoms with van der Waals surface area (Å²) in [6.45, 7) is 3.78. The highest BCUT2D eigenvalue weighted by Gasteiger charge is 2.35. The Balaban J connectivity index is 1.79. The van der Waals surface area contributed by atoms with Crippen molar-refractivity contribution in [3.63, 3.8) is 0 Å². The SMILES string of the molecule is O=C1CN(C(=O)NCCN2CCOCC2)C(C(=O)O)CN1. The van der Waals surface area contributed by atoms with Crippen LogP contribution in [-0.4, -0.2) is 91.3 Å². The molecular formula is C12H20N4O5. The molecule has 0 aromatic carbocycles.